The van der Waals surface area contributed by atoms with Crippen molar-refractivity contribution in [1.82, 2.24) is 5.32 Å². The van der Waals surface area contributed by atoms with Crippen LogP contribution in [0.5, 0.6) is 5.75 Å². The van der Waals surface area contributed by atoms with Crippen LogP contribution in [0.1, 0.15) is 24.3 Å². The minimum atomic E-state index is -0.449. The molecule has 0 spiro atoms. The van der Waals surface area contributed by atoms with Crippen molar-refractivity contribution in [2.75, 3.05) is 12.4 Å². The molecule has 0 aliphatic rings. The molecule has 2 atom stereocenters. The SMILES string of the molecule is COc1ccccc1NC(=O)[C@@H](C)N[C@@H](c1ccccc1)c1ccco1. The zero-order chi connectivity index (χ0) is 18.4. The molecule has 0 aliphatic carbocycles. The number of hydrogen-bond donors (Lipinski definition) is 2. The quantitative estimate of drug-likeness (QED) is 0.676. The monoisotopic (exact) mass is 350 g/mol. The van der Waals surface area contributed by atoms with Gasteiger partial charge in [-0.05, 0) is 36.8 Å². The predicted octanol–water partition coefficient (Wildman–Crippen LogP) is 3.99. The summed E-state index contributed by atoms with van der Waals surface area (Å²) in [6.07, 6.45) is 1.63. The Kier molecular flexibility index (Phi) is 5.71. The lowest BCUT2D eigenvalue weighted by atomic mass is 10.0. The van der Waals surface area contributed by atoms with E-state index in [9.17, 15) is 4.79 Å². The van der Waals surface area contributed by atoms with Gasteiger partial charge in [-0.3, -0.25) is 10.1 Å². The maximum absolute atomic E-state index is 12.7. The van der Waals surface area contributed by atoms with Gasteiger partial charge in [0, 0.05) is 0 Å². The van der Waals surface area contributed by atoms with Crippen LogP contribution < -0.4 is 15.4 Å². The third-order valence-electron chi connectivity index (χ3n) is 4.14. The fourth-order valence-electron chi connectivity index (χ4n) is 2.76. The second kappa shape index (κ2) is 8.36. The zero-order valence-electron chi connectivity index (χ0n) is 14.8. The molecule has 0 radical (unpaired) electrons. The van der Waals surface area contributed by atoms with Crippen molar-refractivity contribution in [2.24, 2.45) is 0 Å². The van der Waals surface area contributed by atoms with Gasteiger partial charge in [0.05, 0.1) is 31.1 Å². The molecule has 0 unspecified atom stereocenters. The summed E-state index contributed by atoms with van der Waals surface area (Å²) in [5.41, 5.74) is 1.67. The largest absolute Gasteiger partial charge is 0.495 e. The van der Waals surface area contributed by atoms with Crippen molar-refractivity contribution < 1.29 is 13.9 Å². The standard InChI is InChI=1S/C21H22N2O3/c1-15(21(24)23-17-11-6-7-12-18(17)25-2)22-20(19-13-8-14-26-19)16-9-4-3-5-10-16/h3-15,20,22H,1-2H3,(H,23,24)/t15-,20+/m1/s1. The molecule has 0 saturated heterocycles. The fraction of sp³-hybridized carbons (Fsp3) is 0.190. The molecule has 134 valence electrons. The van der Waals surface area contributed by atoms with Crippen LogP contribution in [0.3, 0.4) is 0 Å². The van der Waals surface area contributed by atoms with E-state index in [-0.39, 0.29) is 11.9 Å². The highest BCUT2D eigenvalue weighted by molar-refractivity contribution is 5.95. The van der Waals surface area contributed by atoms with Crippen molar-refractivity contribution >= 4 is 11.6 Å². The molecular formula is C21H22N2O3. The van der Waals surface area contributed by atoms with Crippen LogP contribution in [0.25, 0.3) is 0 Å². The molecule has 1 amide bonds. The van der Waals surface area contributed by atoms with Crippen molar-refractivity contribution in [3.05, 3.63) is 84.3 Å². The average molecular weight is 350 g/mol. The summed E-state index contributed by atoms with van der Waals surface area (Å²) in [4.78, 5) is 12.7. The van der Waals surface area contributed by atoms with Crippen LogP contribution in [0, 0.1) is 0 Å². The van der Waals surface area contributed by atoms with E-state index in [4.69, 9.17) is 9.15 Å². The number of ether oxygens (including phenoxy) is 1. The Labute approximate surface area is 153 Å². The van der Waals surface area contributed by atoms with Crippen molar-refractivity contribution in [3.8, 4) is 5.75 Å². The van der Waals surface area contributed by atoms with Gasteiger partial charge in [-0.2, -0.15) is 0 Å². The zero-order valence-corrected chi connectivity index (χ0v) is 14.8. The van der Waals surface area contributed by atoms with Gasteiger partial charge < -0.3 is 14.5 Å². The molecule has 1 heterocycles. The molecule has 3 rings (SSSR count). The van der Waals surface area contributed by atoms with E-state index >= 15 is 0 Å². The molecule has 2 N–H and O–H groups in total. The number of rotatable bonds is 7. The number of furan rings is 1. The lowest BCUT2D eigenvalue weighted by molar-refractivity contribution is -0.117. The summed E-state index contributed by atoms with van der Waals surface area (Å²) in [5.74, 6) is 1.23. The van der Waals surface area contributed by atoms with Crippen molar-refractivity contribution in [2.45, 2.75) is 19.0 Å². The number of carbonyl (C=O) groups excluding carboxylic acids is 1. The normalized spacial score (nSPS) is 13.0. The molecule has 0 bridgehead atoms. The van der Waals surface area contributed by atoms with Crippen LogP contribution in [0.2, 0.25) is 0 Å². The Hall–Kier alpha value is -3.05. The summed E-state index contributed by atoms with van der Waals surface area (Å²) in [5, 5.41) is 6.25. The Bertz CT molecular complexity index is 831. The van der Waals surface area contributed by atoms with Gasteiger partial charge in [-0.25, -0.2) is 0 Å². The molecule has 3 aromatic rings. The molecule has 5 heteroatoms. The first-order valence-electron chi connectivity index (χ1n) is 8.47. The first-order chi connectivity index (χ1) is 12.7. The molecular weight excluding hydrogens is 328 g/mol. The Balaban J connectivity index is 1.75. The molecule has 0 saturated carbocycles. The van der Waals surface area contributed by atoms with Crippen LogP contribution in [0.15, 0.2) is 77.4 Å². The Morgan fingerprint density at radius 3 is 2.42 bits per heavy atom. The van der Waals surface area contributed by atoms with E-state index in [0.717, 1.165) is 11.3 Å². The summed E-state index contributed by atoms with van der Waals surface area (Å²) in [6.45, 7) is 1.82. The average Bonchev–Trinajstić information content (AvgIpc) is 3.21. The number of nitrogens with one attached hydrogen (secondary N) is 2. The number of amides is 1. The van der Waals surface area contributed by atoms with Crippen LogP contribution in [0.4, 0.5) is 5.69 Å². The van der Waals surface area contributed by atoms with Gasteiger partial charge in [-0.15, -0.1) is 0 Å². The molecule has 0 aliphatic heterocycles. The van der Waals surface area contributed by atoms with Gasteiger partial charge in [-0.1, -0.05) is 42.5 Å². The highest BCUT2D eigenvalue weighted by atomic mass is 16.5. The van der Waals surface area contributed by atoms with Crippen molar-refractivity contribution in [1.29, 1.82) is 0 Å². The predicted molar refractivity (Wildman–Crippen MR) is 101 cm³/mol. The maximum atomic E-state index is 12.7. The van der Waals surface area contributed by atoms with Gasteiger partial charge in [0.25, 0.3) is 0 Å². The Morgan fingerprint density at radius 1 is 1.00 bits per heavy atom. The molecule has 0 fully saturated rings. The van der Waals surface area contributed by atoms with E-state index < -0.39 is 6.04 Å². The van der Waals surface area contributed by atoms with Crippen LogP contribution in [-0.2, 0) is 4.79 Å². The topological polar surface area (TPSA) is 63.5 Å². The third kappa shape index (κ3) is 4.13. The van der Waals surface area contributed by atoms with E-state index in [1.807, 2.05) is 73.7 Å². The molecule has 5 nitrogen and oxygen atoms in total. The number of anilines is 1. The second-order valence-electron chi connectivity index (χ2n) is 5.94. The van der Waals surface area contributed by atoms with Crippen LogP contribution >= 0.6 is 0 Å². The number of benzene rings is 2. The van der Waals surface area contributed by atoms with E-state index in [1.165, 1.54) is 0 Å². The highest BCUT2D eigenvalue weighted by Gasteiger charge is 2.23. The summed E-state index contributed by atoms with van der Waals surface area (Å²) >= 11 is 0. The second-order valence-corrected chi connectivity index (χ2v) is 5.94. The van der Waals surface area contributed by atoms with Crippen LogP contribution in [-0.4, -0.2) is 19.1 Å². The van der Waals surface area contributed by atoms with Gasteiger partial charge >= 0.3 is 0 Å². The maximum Gasteiger partial charge on any atom is 0.241 e. The fourth-order valence-corrected chi connectivity index (χ4v) is 2.76. The molecule has 26 heavy (non-hydrogen) atoms. The number of methoxy groups -OCH3 is 1. The number of para-hydroxylation sites is 2. The Morgan fingerprint density at radius 2 is 1.73 bits per heavy atom. The van der Waals surface area contributed by atoms with Crippen molar-refractivity contribution in [3.63, 3.8) is 0 Å². The van der Waals surface area contributed by atoms with Gasteiger partial charge in [0.1, 0.15) is 11.5 Å². The minimum Gasteiger partial charge on any atom is -0.495 e. The summed E-state index contributed by atoms with van der Waals surface area (Å²) in [6, 6.07) is 20.3. The first kappa shape index (κ1) is 17.8. The van der Waals surface area contributed by atoms with Gasteiger partial charge in [0.15, 0.2) is 0 Å². The summed E-state index contributed by atoms with van der Waals surface area (Å²) in [7, 11) is 1.58. The summed E-state index contributed by atoms with van der Waals surface area (Å²) < 4.78 is 10.9. The van der Waals surface area contributed by atoms with E-state index in [1.54, 1.807) is 13.4 Å². The number of hydrogen-bond acceptors (Lipinski definition) is 4. The third-order valence-corrected chi connectivity index (χ3v) is 4.14. The highest BCUT2D eigenvalue weighted by Crippen LogP contribution is 2.25. The lowest BCUT2D eigenvalue weighted by Gasteiger charge is -2.22. The molecule has 2 aromatic carbocycles. The van der Waals surface area contributed by atoms with E-state index in [2.05, 4.69) is 10.6 Å². The number of carbonyl (C=O) groups is 1. The first-order valence-corrected chi connectivity index (χ1v) is 8.47. The lowest BCUT2D eigenvalue weighted by Crippen LogP contribution is -2.40. The van der Waals surface area contributed by atoms with Gasteiger partial charge in [0.2, 0.25) is 5.91 Å². The molecule has 1 aromatic heterocycles. The minimum absolute atomic E-state index is 0.151. The smallest absolute Gasteiger partial charge is 0.241 e. The van der Waals surface area contributed by atoms with E-state index in [0.29, 0.717) is 11.4 Å².